The molecule has 0 unspecified atom stereocenters. The summed E-state index contributed by atoms with van der Waals surface area (Å²) in [5.74, 6) is 1.51. The normalized spacial score (nSPS) is 13.6. The van der Waals surface area contributed by atoms with Gasteiger partial charge in [0.2, 0.25) is 0 Å². The Labute approximate surface area is 108 Å². The summed E-state index contributed by atoms with van der Waals surface area (Å²) in [6, 6.07) is 5.75. The topological polar surface area (TPSA) is 83.4 Å². The molecule has 3 rings (SSSR count). The monoisotopic (exact) mass is 263 g/mol. The van der Waals surface area contributed by atoms with Crippen LogP contribution >= 0.6 is 11.3 Å². The highest BCUT2D eigenvalue weighted by atomic mass is 32.1. The quantitative estimate of drug-likeness (QED) is 0.860. The number of benzene rings is 1. The van der Waals surface area contributed by atoms with Crippen molar-refractivity contribution in [3.8, 4) is 22.8 Å². The van der Waals surface area contributed by atoms with Gasteiger partial charge < -0.3 is 20.9 Å². The van der Waals surface area contributed by atoms with Gasteiger partial charge in [0.1, 0.15) is 13.2 Å². The molecule has 0 radical (unpaired) electrons. The second kappa shape index (κ2) is 4.47. The van der Waals surface area contributed by atoms with Gasteiger partial charge in [0.15, 0.2) is 16.6 Å². The maximum absolute atomic E-state index is 5.73. The van der Waals surface area contributed by atoms with Gasteiger partial charge in [0.05, 0.1) is 5.69 Å². The van der Waals surface area contributed by atoms with Crippen molar-refractivity contribution in [3.63, 3.8) is 0 Å². The Kier molecular flexibility index (Phi) is 2.81. The van der Waals surface area contributed by atoms with E-state index in [0.29, 0.717) is 24.9 Å². The van der Waals surface area contributed by atoms with E-state index in [4.69, 9.17) is 20.9 Å². The molecule has 18 heavy (non-hydrogen) atoms. The molecule has 0 saturated heterocycles. The Hall–Kier alpha value is -1.79. The first-order valence-electron chi connectivity index (χ1n) is 5.63. The molecule has 2 aromatic rings. The highest BCUT2D eigenvalue weighted by Gasteiger charge is 2.16. The number of fused-ring (bicyclic) bond motifs is 1. The average molecular weight is 263 g/mol. The van der Waals surface area contributed by atoms with Crippen molar-refractivity contribution in [3.05, 3.63) is 23.1 Å². The first-order chi connectivity index (χ1) is 8.78. The summed E-state index contributed by atoms with van der Waals surface area (Å²) >= 11 is 1.42. The summed E-state index contributed by atoms with van der Waals surface area (Å²) < 4.78 is 11.0. The first-order valence-corrected chi connectivity index (χ1v) is 6.45. The summed E-state index contributed by atoms with van der Waals surface area (Å²) in [4.78, 5) is 5.30. The Morgan fingerprint density at radius 2 is 2.00 bits per heavy atom. The number of aromatic nitrogens is 1. The molecule has 4 N–H and O–H groups in total. The Morgan fingerprint density at radius 3 is 2.78 bits per heavy atom. The molecule has 0 atom stereocenters. The van der Waals surface area contributed by atoms with E-state index in [-0.39, 0.29) is 0 Å². The lowest BCUT2D eigenvalue weighted by atomic mass is 10.1. The second-order valence-corrected chi connectivity index (χ2v) is 5.00. The molecule has 5 nitrogen and oxygen atoms in total. The lowest BCUT2D eigenvalue weighted by Crippen LogP contribution is -2.15. The zero-order valence-electron chi connectivity index (χ0n) is 9.68. The fraction of sp³-hybridized carbons (Fsp3) is 0.250. The minimum atomic E-state index is 0.429. The third kappa shape index (κ3) is 1.89. The van der Waals surface area contributed by atoms with Crippen LogP contribution in [0.1, 0.15) is 4.88 Å². The zero-order valence-corrected chi connectivity index (χ0v) is 10.5. The van der Waals surface area contributed by atoms with E-state index < -0.39 is 0 Å². The summed E-state index contributed by atoms with van der Waals surface area (Å²) in [7, 11) is 0. The van der Waals surface area contributed by atoms with E-state index in [1.165, 1.54) is 11.3 Å². The molecule has 2 heterocycles. The number of nitrogens with zero attached hydrogens (tertiary/aromatic N) is 1. The number of nitrogen functional groups attached to an aromatic ring is 1. The first kappa shape index (κ1) is 11.3. The van der Waals surface area contributed by atoms with Crippen LogP contribution in [-0.4, -0.2) is 18.2 Å². The molecule has 6 heteroatoms. The number of rotatable bonds is 2. The number of hydrogen-bond donors (Lipinski definition) is 2. The predicted octanol–water partition coefficient (Wildman–Crippen LogP) is 1.62. The largest absolute Gasteiger partial charge is 0.486 e. The van der Waals surface area contributed by atoms with Crippen molar-refractivity contribution < 1.29 is 9.47 Å². The molecule has 1 aromatic carbocycles. The van der Waals surface area contributed by atoms with Crippen molar-refractivity contribution in [1.29, 1.82) is 0 Å². The predicted molar refractivity (Wildman–Crippen MR) is 70.8 cm³/mol. The van der Waals surface area contributed by atoms with E-state index >= 15 is 0 Å². The third-order valence-electron chi connectivity index (χ3n) is 2.71. The van der Waals surface area contributed by atoms with Gasteiger partial charge in [0.25, 0.3) is 0 Å². The van der Waals surface area contributed by atoms with E-state index in [9.17, 15) is 0 Å². The van der Waals surface area contributed by atoms with Crippen LogP contribution in [0.5, 0.6) is 11.5 Å². The fourth-order valence-electron chi connectivity index (χ4n) is 1.92. The lowest BCUT2D eigenvalue weighted by molar-refractivity contribution is 0.171. The van der Waals surface area contributed by atoms with Crippen LogP contribution < -0.4 is 20.9 Å². The molecule has 0 spiro atoms. The van der Waals surface area contributed by atoms with Crippen molar-refractivity contribution >= 4 is 16.5 Å². The van der Waals surface area contributed by atoms with E-state index in [1.54, 1.807) is 0 Å². The Morgan fingerprint density at radius 1 is 1.22 bits per heavy atom. The molecule has 1 aromatic heterocycles. The van der Waals surface area contributed by atoms with Gasteiger partial charge in [-0.3, -0.25) is 0 Å². The number of hydrogen-bond acceptors (Lipinski definition) is 6. The van der Waals surface area contributed by atoms with Gasteiger partial charge >= 0.3 is 0 Å². The molecular weight excluding hydrogens is 250 g/mol. The number of ether oxygens (including phenoxy) is 2. The van der Waals surface area contributed by atoms with Gasteiger partial charge in [-0.25, -0.2) is 4.98 Å². The summed E-state index contributed by atoms with van der Waals surface area (Å²) in [5.41, 5.74) is 13.2. The molecule has 0 fully saturated rings. The standard InChI is InChI=1S/C12H13N3O2S/c13-6-10-11(15-12(14)18-10)7-1-2-8-9(5-7)17-4-3-16-8/h1-2,5H,3-4,6,13H2,(H2,14,15). The van der Waals surface area contributed by atoms with Gasteiger partial charge in [-0.2, -0.15) is 0 Å². The Bertz CT molecular complexity index is 583. The van der Waals surface area contributed by atoms with Crippen molar-refractivity contribution in [2.45, 2.75) is 6.54 Å². The van der Waals surface area contributed by atoms with Crippen LogP contribution in [-0.2, 0) is 6.54 Å². The van der Waals surface area contributed by atoms with Crippen molar-refractivity contribution in [1.82, 2.24) is 4.98 Å². The van der Waals surface area contributed by atoms with E-state index in [0.717, 1.165) is 27.6 Å². The number of nitrogens with two attached hydrogens (primary N) is 2. The van der Waals surface area contributed by atoms with Gasteiger partial charge in [-0.05, 0) is 18.2 Å². The maximum Gasteiger partial charge on any atom is 0.180 e. The molecule has 0 amide bonds. The van der Waals surface area contributed by atoms with Gasteiger partial charge in [-0.15, -0.1) is 11.3 Å². The molecular formula is C12H13N3O2S. The van der Waals surface area contributed by atoms with Crippen LogP contribution in [0, 0.1) is 0 Å². The fourth-order valence-corrected chi connectivity index (χ4v) is 2.66. The van der Waals surface area contributed by atoms with Crippen molar-refractivity contribution in [2.75, 3.05) is 18.9 Å². The van der Waals surface area contributed by atoms with Crippen LogP contribution in [0.25, 0.3) is 11.3 Å². The highest BCUT2D eigenvalue weighted by molar-refractivity contribution is 7.15. The minimum Gasteiger partial charge on any atom is -0.486 e. The third-order valence-corrected chi connectivity index (χ3v) is 3.62. The molecule has 0 aliphatic carbocycles. The van der Waals surface area contributed by atoms with E-state index in [2.05, 4.69) is 4.98 Å². The molecule has 0 saturated carbocycles. The number of thiazole rings is 1. The smallest absolute Gasteiger partial charge is 0.180 e. The summed E-state index contributed by atoms with van der Waals surface area (Å²) in [6.45, 7) is 1.59. The SMILES string of the molecule is NCc1sc(N)nc1-c1ccc2c(c1)OCCO2. The van der Waals surface area contributed by atoms with Crippen LogP contribution in [0.15, 0.2) is 18.2 Å². The van der Waals surface area contributed by atoms with Crippen LogP contribution in [0.2, 0.25) is 0 Å². The van der Waals surface area contributed by atoms with Gasteiger partial charge in [-0.1, -0.05) is 0 Å². The molecule has 0 bridgehead atoms. The lowest BCUT2D eigenvalue weighted by Gasteiger charge is -2.18. The van der Waals surface area contributed by atoms with Crippen LogP contribution in [0.4, 0.5) is 5.13 Å². The second-order valence-electron chi connectivity index (χ2n) is 3.89. The van der Waals surface area contributed by atoms with Crippen LogP contribution in [0.3, 0.4) is 0 Å². The van der Waals surface area contributed by atoms with Crippen molar-refractivity contribution in [2.24, 2.45) is 5.73 Å². The Balaban J connectivity index is 2.06. The van der Waals surface area contributed by atoms with Gasteiger partial charge in [0, 0.05) is 17.0 Å². The zero-order chi connectivity index (χ0) is 12.5. The average Bonchev–Trinajstić information content (AvgIpc) is 2.79. The molecule has 1 aliphatic heterocycles. The summed E-state index contributed by atoms with van der Waals surface area (Å²) in [5, 5.41) is 0.528. The van der Waals surface area contributed by atoms with E-state index in [1.807, 2.05) is 18.2 Å². The minimum absolute atomic E-state index is 0.429. The number of anilines is 1. The maximum atomic E-state index is 5.73. The molecule has 94 valence electrons. The highest BCUT2D eigenvalue weighted by Crippen LogP contribution is 2.36. The summed E-state index contributed by atoms with van der Waals surface area (Å²) in [6.07, 6.45) is 0. The molecule has 1 aliphatic rings.